The molecule has 0 radical (unpaired) electrons. The molecule has 1 aromatic rings. The van der Waals surface area contributed by atoms with Crippen molar-refractivity contribution >= 4 is 11.8 Å². The topological polar surface area (TPSA) is 23.8 Å². The zero-order valence-corrected chi connectivity index (χ0v) is 7.40. The Kier molecular flexibility index (Phi) is 2.56. The summed E-state index contributed by atoms with van der Waals surface area (Å²) in [7, 11) is 0. The molecule has 56 valence electrons. The summed E-state index contributed by atoms with van der Waals surface area (Å²) in [5.74, 6) is 0. The Hall–Kier alpha value is -0.940. The Labute approximate surface area is 71.0 Å². The number of nitriles is 1. The van der Waals surface area contributed by atoms with Gasteiger partial charge in [-0.15, -0.1) is 11.8 Å². The van der Waals surface area contributed by atoms with Crippen LogP contribution in [-0.2, 0) is 0 Å². The molecule has 0 aliphatic rings. The first kappa shape index (κ1) is 8.16. The molecule has 1 rings (SSSR count). The highest BCUT2D eigenvalue weighted by atomic mass is 32.2. The average molecular weight is 163 g/mol. The van der Waals surface area contributed by atoms with Crippen LogP contribution in [0.1, 0.15) is 11.1 Å². The molecule has 11 heavy (non-hydrogen) atoms. The molecule has 0 unspecified atom stereocenters. The molecule has 0 spiro atoms. The molecule has 0 saturated heterocycles. The van der Waals surface area contributed by atoms with E-state index in [-0.39, 0.29) is 0 Å². The van der Waals surface area contributed by atoms with Gasteiger partial charge in [-0.1, -0.05) is 6.07 Å². The summed E-state index contributed by atoms with van der Waals surface area (Å²) in [6.07, 6.45) is 2.02. The minimum absolute atomic E-state index is 0.736. The highest BCUT2D eigenvalue weighted by Crippen LogP contribution is 2.20. The van der Waals surface area contributed by atoms with Gasteiger partial charge in [-0.2, -0.15) is 5.26 Å². The first-order valence-corrected chi connectivity index (χ1v) is 4.55. The monoisotopic (exact) mass is 163 g/mol. The summed E-state index contributed by atoms with van der Waals surface area (Å²) in [6.45, 7) is 2.05. The van der Waals surface area contributed by atoms with E-state index in [1.807, 2.05) is 31.4 Å². The highest BCUT2D eigenvalue weighted by molar-refractivity contribution is 7.98. The van der Waals surface area contributed by atoms with E-state index >= 15 is 0 Å². The standard InChI is InChI=1S/C9H9NS/c1-7-3-4-8(6-10)5-9(7)11-2/h3-5H,1-2H3. The van der Waals surface area contributed by atoms with Gasteiger partial charge in [0.1, 0.15) is 0 Å². The van der Waals surface area contributed by atoms with Gasteiger partial charge in [0.15, 0.2) is 0 Å². The molecule has 0 amide bonds. The number of hydrogen-bond donors (Lipinski definition) is 0. The van der Waals surface area contributed by atoms with Gasteiger partial charge in [0.05, 0.1) is 11.6 Å². The largest absolute Gasteiger partial charge is 0.192 e. The van der Waals surface area contributed by atoms with Crippen LogP contribution in [-0.4, -0.2) is 6.26 Å². The molecule has 0 bridgehead atoms. The summed E-state index contributed by atoms with van der Waals surface area (Å²) in [5.41, 5.74) is 1.97. The van der Waals surface area contributed by atoms with E-state index in [4.69, 9.17) is 5.26 Å². The third-order valence-corrected chi connectivity index (χ3v) is 2.42. The van der Waals surface area contributed by atoms with Gasteiger partial charge in [0.25, 0.3) is 0 Å². The van der Waals surface area contributed by atoms with E-state index in [2.05, 4.69) is 6.07 Å². The molecular formula is C9H9NS. The summed E-state index contributed by atoms with van der Waals surface area (Å²) in [4.78, 5) is 1.18. The van der Waals surface area contributed by atoms with Gasteiger partial charge in [0, 0.05) is 4.90 Å². The molecule has 0 saturated carbocycles. The van der Waals surface area contributed by atoms with Crippen LogP contribution in [0.5, 0.6) is 0 Å². The third kappa shape index (κ3) is 1.75. The van der Waals surface area contributed by atoms with E-state index in [1.165, 1.54) is 10.5 Å². The number of thioether (sulfide) groups is 1. The number of hydrogen-bond acceptors (Lipinski definition) is 2. The molecule has 1 aromatic carbocycles. The van der Waals surface area contributed by atoms with E-state index < -0.39 is 0 Å². The van der Waals surface area contributed by atoms with Crippen LogP contribution < -0.4 is 0 Å². The Morgan fingerprint density at radius 1 is 1.45 bits per heavy atom. The molecule has 2 heteroatoms. The molecule has 0 aromatic heterocycles. The maximum Gasteiger partial charge on any atom is 0.0992 e. The van der Waals surface area contributed by atoms with Crippen LogP contribution >= 0.6 is 11.8 Å². The molecular weight excluding hydrogens is 154 g/mol. The van der Waals surface area contributed by atoms with Crippen LogP contribution in [0.3, 0.4) is 0 Å². The quantitative estimate of drug-likeness (QED) is 0.594. The van der Waals surface area contributed by atoms with Crippen LogP contribution in [0.4, 0.5) is 0 Å². The minimum Gasteiger partial charge on any atom is -0.192 e. The second kappa shape index (κ2) is 3.45. The van der Waals surface area contributed by atoms with Gasteiger partial charge in [0.2, 0.25) is 0 Å². The molecule has 0 fully saturated rings. The van der Waals surface area contributed by atoms with Crippen LogP contribution in [0.15, 0.2) is 23.1 Å². The van der Waals surface area contributed by atoms with Crippen molar-refractivity contribution in [2.24, 2.45) is 0 Å². The minimum atomic E-state index is 0.736. The second-order valence-corrected chi connectivity index (χ2v) is 3.14. The third-order valence-electron chi connectivity index (χ3n) is 1.54. The smallest absolute Gasteiger partial charge is 0.0992 e. The molecule has 1 nitrogen and oxygen atoms in total. The lowest BCUT2D eigenvalue weighted by molar-refractivity contribution is 1.29. The Morgan fingerprint density at radius 2 is 2.18 bits per heavy atom. The predicted molar refractivity (Wildman–Crippen MR) is 47.7 cm³/mol. The Balaban J connectivity index is 3.15. The number of rotatable bonds is 1. The normalized spacial score (nSPS) is 9.18. The van der Waals surface area contributed by atoms with Gasteiger partial charge < -0.3 is 0 Å². The van der Waals surface area contributed by atoms with Crippen molar-refractivity contribution in [2.75, 3.05) is 6.26 Å². The molecule has 0 aliphatic heterocycles. The molecule has 0 N–H and O–H groups in total. The first-order chi connectivity index (χ1) is 5.27. The summed E-state index contributed by atoms with van der Waals surface area (Å²) in [6, 6.07) is 7.85. The lowest BCUT2D eigenvalue weighted by Crippen LogP contribution is -1.80. The molecule has 0 atom stereocenters. The van der Waals surface area contributed by atoms with E-state index in [9.17, 15) is 0 Å². The fourth-order valence-electron chi connectivity index (χ4n) is 0.890. The van der Waals surface area contributed by atoms with Crippen molar-refractivity contribution in [1.82, 2.24) is 0 Å². The SMILES string of the molecule is CSc1cc(C#N)ccc1C. The van der Waals surface area contributed by atoms with E-state index in [0.29, 0.717) is 0 Å². The van der Waals surface area contributed by atoms with E-state index in [1.54, 1.807) is 11.8 Å². The van der Waals surface area contributed by atoms with Crippen molar-refractivity contribution < 1.29 is 0 Å². The zero-order chi connectivity index (χ0) is 8.27. The lowest BCUT2D eigenvalue weighted by atomic mass is 10.2. The fraction of sp³-hybridized carbons (Fsp3) is 0.222. The summed E-state index contributed by atoms with van der Waals surface area (Å²) in [5, 5.41) is 8.59. The highest BCUT2D eigenvalue weighted by Gasteiger charge is 1.96. The van der Waals surface area contributed by atoms with Gasteiger partial charge in [-0.3, -0.25) is 0 Å². The Bertz CT molecular complexity index is 299. The lowest BCUT2D eigenvalue weighted by Gasteiger charge is -2.00. The van der Waals surface area contributed by atoms with Crippen molar-refractivity contribution in [3.63, 3.8) is 0 Å². The average Bonchev–Trinajstić information content (AvgIpc) is 2.05. The van der Waals surface area contributed by atoms with E-state index in [0.717, 1.165) is 5.56 Å². The molecule has 0 aliphatic carbocycles. The van der Waals surface area contributed by atoms with Crippen molar-refractivity contribution in [1.29, 1.82) is 5.26 Å². The van der Waals surface area contributed by atoms with Crippen molar-refractivity contribution in [3.8, 4) is 6.07 Å². The fourth-order valence-corrected chi connectivity index (χ4v) is 1.52. The van der Waals surface area contributed by atoms with Gasteiger partial charge in [-0.05, 0) is 30.9 Å². The number of nitrogens with zero attached hydrogens (tertiary/aromatic N) is 1. The van der Waals surface area contributed by atoms with Crippen LogP contribution in [0.2, 0.25) is 0 Å². The predicted octanol–water partition coefficient (Wildman–Crippen LogP) is 2.59. The van der Waals surface area contributed by atoms with Gasteiger partial charge >= 0.3 is 0 Å². The molecule has 0 heterocycles. The maximum atomic E-state index is 8.59. The van der Waals surface area contributed by atoms with Crippen molar-refractivity contribution in [3.05, 3.63) is 29.3 Å². The van der Waals surface area contributed by atoms with Crippen molar-refractivity contribution in [2.45, 2.75) is 11.8 Å². The first-order valence-electron chi connectivity index (χ1n) is 3.32. The summed E-state index contributed by atoms with van der Waals surface area (Å²) < 4.78 is 0. The second-order valence-electron chi connectivity index (χ2n) is 2.30. The summed E-state index contributed by atoms with van der Waals surface area (Å²) >= 11 is 1.67. The number of aryl methyl sites for hydroxylation is 1. The Morgan fingerprint density at radius 3 is 2.73 bits per heavy atom. The van der Waals surface area contributed by atoms with Crippen LogP contribution in [0.25, 0.3) is 0 Å². The maximum absolute atomic E-state index is 8.59. The zero-order valence-electron chi connectivity index (χ0n) is 6.59. The van der Waals surface area contributed by atoms with Gasteiger partial charge in [-0.25, -0.2) is 0 Å². The number of benzene rings is 1. The van der Waals surface area contributed by atoms with Crippen LogP contribution in [0, 0.1) is 18.3 Å².